The third-order valence-electron chi connectivity index (χ3n) is 1.89. The van der Waals surface area contributed by atoms with Crippen LogP contribution in [0.3, 0.4) is 0 Å². The van der Waals surface area contributed by atoms with Gasteiger partial charge in [0.2, 0.25) is 0 Å². The predicted octanol–water partition coefficient (Wildman–Crippen LogP) is 2.23. The maximum atomic E-state index is 8.32. The smallest absolute Gasteiger partial charge is 0.120 e. The van der Waals surface area contributed by atoms with Crippen LogP contribution in [-0.4, -0.2) is 6.54 Å². The van der Waals surface area contributed by atoms with Crippen molar-refractivity contribution >= 4 is 0 Å². The molecule has 3 nitrogen and oxygen atoms in total. The first-order valence-corrected chi connectivity index (χ1v) is 4.48. The number of rotatable bonds is 5. The van der Waals surface area contributed by atoms with Gasteiger partial charge >= 0.3 is 0 Å². The minimum absolute atomic E-state index is 0.230. The molecule has 0 saturated carbocycles. The first-order valence-electron chi connectivity index (χ1n) is 4.48. The van der Waals surface area contributed by atoms with E-state index in [4.69, 9.17) is 9.68 Å². The average molecular weight is 178 g/mol. The number of furan rings is 1. The summed E-state index contributed by atoms with van der Waals surface area (Å²) < 4.78 is 5.22. The summed E-state index contributed by atoms with van der Waals surface area (Å²) in [5.74, 6) is 0.942. The van der Waals surface area contributed by atoms with Crippen LogP contribution in [0.4, 0.5) is 0 Å². The normalized spacial score (nSPS) is 12.3. The third-order valence-corrected chi connectivity index (χ3v) is 1.89. The first kappa shape index (κ1) is 9.82. The van der Waals surface area contributed by atoms with Crippen LogP contribution in [0.15, 0.2) is 22.8 Å². The van der Waals surface area contributed by atoms with E-state index < -0.39 is 0 Å². The highest BCUT2D eigenvalue weighted by Gasteiger charge is 2.05. The van der Waals surface area contributed by atoms with Crippen LogP contribution >= 0.6 is 0 Å². The van der Waals surface area contributed by atoms with Gasteiger partial charge in [0, 0.05) is 6.42 Å². The molecule has 0 aliphatic rings. The molecule has 1 aromatic rings. The maximum Gasteiger partial charge on any atom is 0.120 e. The summed E-state index contributed by atoms with van der Waals surface area (Å²) in [4.78, 5) is 0. The Balaban J connectivity index is 2.19. The zero-order valence-corrected chi connectivity index (χ0v) is 7.79. The van der Waals surface area contributed by atoms with Gasteiger partial charge in [-0.15, -0.1) is 0 Å². The Kier molecular flexibility index (Phi) is 4.07. The molecular weight excluding hydrogens is 164 g/mol. The second kappa shape index (κ2) is 5.39. The standard InChI is InChI=1S/C10H14N2O/c1-9(10-5-4-8-13-10)12-7-3-2-6-11/h4-5,8-9,12H,2-3,7H2,1H3/t9-/m1/s1. The van der Waals surface area contributed by atoms with E-state index in [1.165, 1.54) is 0 Å². The lowest BCUT2D eigenvalue weighted by Gasteiger charge is -2.09. The number of hydrogen-bond acceptors (Lipinski definition) is 3. The van der Waals surface area contributed by atoms with Crippen molar-refractivity contribution < 1.29 is 4.42 Å². The molecule has 0 saturated heterocycles. The summed E-state index contributed by atoms with van der Waals surface area (Å²) in [7, 11) is 0. The van der Waals surface area contributed by atoms with Gasteiger partial charge < -0.3 is 9.73 Å². The van der Waals surface area contributed by atoms with E-state index in [0.717, 1.165) is 18.7 Å². The van der Waals surface area contributed by atoms with Gasteiger partial charge in [0.1, 0.15) is 5.76 Å². The lowest BCUT2D eigenvalue weighted by atomic mass is 10.2. The van der Waals surface area contributed by atoms with Crippen molar-refractivity contribution in [1.29, 1.82) is 5.26 Å². The molecule has 0 unspecified atom stereocenters. The Hall–Kier alpha value is -1.27. The molecule has 0 fully saturated rings. The van der Waals surface area contributed by atoms with Gasteiger partial charge in [-0.3, -0.25) is 0 Å². The lowest BCUT2D eigenvalue weighted by molar-refractivity contribution is 0.430. The Morgan fingerprint density at radius 1 is 1.69 bits per heavy atom. The van der Waals surface area contributed by atoms with E-state index >= 15 is 0 Å². The molecule has 1 atom stereocenters. The van der Waals surface area contributed by atoms with E-state index in [-0.39, 0.29) is 6.04 Å². The first-order chi connectivity index (χ1) is 6.34. The van der Waals surface area contributed by atoms with E-state index in [1.54, 1.807) is 6.26 Å². The molecule has 0 aliphatic carbocycles. The van der Waals surface area contributed by atoms with Crippen molar-refractivity contribution in [2.45, 2.75) is 25.8 Å². The molecule has 1 N–H and O–H groups in total. The average Bonchev–Trinajstić information content (AvgIpc) is 2.65. The second-order valence-electron chi connectivity index (χ2n) is 2.95. The molecule has 3 heteroatoms. The van der Waals surface area contributed by atoms with Crippen molar-refractivity contribution in [2.75, 3.05) is 6.54 Å². The van der Waals surface area contributed by atoms with Crippen molar-refractivity contribution in [1.82, 2.24) is 5.32 Å². The summed E-state index contributed by atoms with van der Waals surface area (Å²) in [5, 5.41) is 11.6. The van der Waals surface area contributed by atoms with Crippen LogP contribution in [0, 0.1) is 11.3 Å². The van der Waals surface area contributed by atoms with Crippen LogP contribution in [-0.2, 0) is 0 Å². The van der Waals surface area contributed by atoms with Crippen LogP contribution < -0.4 is 5.32 Å². The van der Waals surface area contributed by atoms with E-state index in [9.17, 15) is 0 Å². The fraction of sp³-hybridized carbons (Fsp3) is 0.500. The molecule has 0 spiro atoms. The summed E-state index contributed by atoms with van der Waals surface area (Å²) in [6, 6.07) is 6.17. The number of nitriles is 1. The molecule has 0 aliphatic heterocycles. The number of unbranched alkanes of at least 4 members (excludes halogenated alkanes) is 1. The predicted molar refractivity (Wildman–Crippen MR) is 50.0 cm³/mol. The highest BCUT2D eigenvalue weighted by molar-refractivity contribution is 5.02. The lowest BCUT2D eigenvalue weighted by Crippen LogP contribution is -2.19. The number of nitrogens with one attached hydrogen (secondary N) is 1. The quantitative estimate of drug-likeness (QED) is 0.703. The van der Waals surface area contributed by atoms with Gasteiger partial charge in [0.05, 0.1) is 18.4 Å². The van der Waals surface area contributed by atoms with Gasteiger partial charge in [-0.2, -0.15) is 5.26 Å². The summed E-state index contributed by atoms with van der Waals surface area (Å²) in [5.41, 5.74) is 0. The molecule has 1 heterocycles. The highest BCUT2D eigenvalue weighted by Crippen LogP contribution is 2.11. The Labute approximate surface area is 78.4 Å². The molecular formula is C10H14N2O. The molecule has 0 aromatic carbocycles. The van der Waals surface area contributed by atoms with Gasteiger partial charge in [0.25, 0.3) is 0 Å². The topological polar surface area (TPSA) is 49.0 Å². The van der Waals surface area contributed by atoms with Crippen molar-refractivity contribution in [3.05, 3.63) is 24.2 Å². The number of nitrogens with zero attached hydrogens (tertiary/aromatic N) is 1. The van der Waals surface area contributed by atoms with Crippen molar-refractivity contribution in [3.8, 4) is 6.07 Å². The molecule has 0 radical (unpaired) electrons. The fourth-order valence-corrected chi connectivity index (χ4v) is 1.12. The SMILES string of the molecule is C[C@@H](NCCCC#N)c1ccco1. The van der Waals surface area contributed by atoms with Gasteiger partial charge in [-0.25, -0.2) is 0 Å². The van der Waals surface area contributed by atoms with Crippen LogP contribution in [0.2, 0.25) is 0 Å². The Bertz CT molecular complexity index is 261. The van der Waals surface area contributed by atoms with E-state index in [2.05, 4.69) is 11.4 Å². The van der Waals surface area contributed by atoms with Crippen LogP contribution in [0.5, 0.6) is 0 Å². The maximum absolute atomic E-state index is 8.32. The monoisotopic (exact) mass is 178 g/mol. The largest absolute Gasteiger partial charge is 0.468 e. The summed E-state index contributed by atoms with van der Waals surface area (Å²) in [6.45, 7) is 2.90. The van der Waals surface area contributed by atoms with Crippen molar-refractivity contribution in [2.24, 2.45) is 0 Å². The zero-order valence-electron chi connectivity index (χ0n) is 7.79. The molecule has 1 aromatic heterocycles. The van der Waals surface area contributed by atoms with Gasteiger partial charge in [-0.05, 0) is 32.0 Å². The van der Waals surface area contributed by atoms with Crippen LogP contribution in [0.25, 0.3) is 0 Å². The second-order valence-corrected chi connectivity index (χ2v) is 2.95. The highest BCUT2D eigenvalue weighted by atomic mass is 16.3. The Morgan fingerprint density at radius 3 is 3.15 bits per heavy atom. The molecule has 70 valence electrons. The molecule has 0 bridgehead atoms. The Morgan fingerprint density at radius 2 is 2.54 bits per heavy atom. The van der Waals surface area contributed by atoms with Crippen molar-refractivity contribution in [3.63, 3.8) is 0 Å². The minimum atomic E-state index is 0.230. The van der Waals surface area contributed by atoms with Crippen LogP contribution in [0.1, 0.15) is 31.6 Å². The third kappa shape index (κ3) is 3.30. The van der Waals surface area contributed by atoms with E-state index in [1.807, 2.05) is 19.1 Å². The molecule has 1 rings (SSSR count). The molecule has 0 amide bonds. The van der Waals surface area contributed by atoms with Gasteiger partial charge in [-0.1, -0.05) is 0 Å². The zero-order chi connectivity index (χ0) is 9.52. The summed E-state index contributed by atoms with van der Waals surface area (Å²) in [6.07, 6.45) is 3.17. The van der Waals surface area contributed by atoms with E-state index in [0.29, 0.717) is 6.42 Å². The van der Waals surface area contributed by atoms with Gasteiger partial charge in [0.15, 0.2) is 0 Å². The minimum Gasteiger partial charge on any atom is -0.468 e. The fourth-order valence-electron chi connectivity index (χ4n) is 1.12. The number of hydrogen-bond donors (Lipinski definition) is 1. The summed E-state index contributed by atoms with van der Waals surface area (Å²) >= 11 is 0. The molecule has 13 heavy (non-hydrogen) atoms.